The third kappa shape index (κ3) is 8.15. The minimum atomic E-state index is -1.47. The number of carboxylic acids is 1. The average molecular weight is 372 g/mol. The Hall–Kier alpha value is -0.630. The number of amides is 1. The number of hydrogen-bond donors (Lipinski definition) is 3. The summed E-state index contributed by atoms with van der Waals surface area (Å²) in [5, 5.41) is 19.3. The quantitative estimate of drug-likeness (QED) is 0.532. The first-order chi connectivity index (χ1) is 10.8. The first-order valence-electron chi connectivity index (χ1n) is 6.86. The molecule has 1 aliphatic heterocycles. The Bertz CT molecular complexity index is 552. The number of hydrogen-bond acceptors (Lipinski definition) is 4. The van der Waals surface area contributed by atoms with Crippen LogP contribution in [0.5, 0.6) is 0 Å². The van der Waals surface area contributed by atoms with Crippen LogP contribution < -0.4 is 5.32 Å². The van der Waals surface area contributed by atoms with Gasteiger partial charge >= 0.3 is 94.6 Å². The first-order valence-corrected chi connectivity index (χ1v) is 9.03. The summed E-state index contributed by atoms with van der Waals surface area (Å²) in [5.41, 5.74) is 1.28. The van der Waals surface area contributed by atoms with Crippen LogP contribution >= 0.6 is 23.2 Å². The molecular weight excluding hydrogens is 356 g/mol. The number of aliphatic carboxylic acids is 1. The molecule has 2 rings (SSSR count). The molecule has 3 N–H and O–H groups in total. The second-order valence-electron chi connectivity index (χ2n) is 4.37. The fourth-order valence-corrected chi connectivity index (χ4v) is 2.29. The minimum absolute atomic E-state index is 0.157. The van der Waals surface area contributed by atoms with Gasteiger partial charge in [-0.1, -0.05) is 0 Å². The van der Waals surface area contributed by atoms with E-state index in [1.807, 2.05) is 18.2 Å². The van der Waals surface area contributed by atoms with Gasteiger partial charge in [0.25, 0.3) is 0 Å². The van der Waals surface area contributed by atoms with Gasteiger partial charge in [0.1, 0.15) is 0 Å². The van der Waals surface area contributed by atoms with Crippen molar-refractivity contribution in [3.05, 3.63) is 33.8 Å². The predicted octanol–water partition coefficient (Wildman–Crippen LogP) is 1.05. The molecule has 0 aromatic heterocycles. The van der Waals surface area contributed by atoms with Crippen molar-refractivity contribution < 1.29 is 24.6 Å². The molecule has 1 aromatic carbocycles. The maximum atomic E-state index is 10.6. The standard InChI is InChI=1S/C7H5Cl2.C5H5NO4.C2H6O.Na/c1-5-2-3-6(8)7(9)4-5;7-2-1-6-4(8)3(2)5(9)10;1-2-3;/h2-4H,1H2;3H,1H2,(H,6,8)(H,9,10);3H,2H2,1H3;. The molecule has 1 aromatic rings. The van der Waals surface area contributed by atoms with Crippen LogP contribution in [0.4, 0.5) is 0 Å². The van der Waals surface area contributed by atoms with Crippen LogP contribution in [-0.2, 0) is 18.1 Å². The van der Waals surface area contributed by atoms with Crippen molar-refractivity contribution >= 4 is 68.8 Å². The molecule has 23 heavy (non-hydrogen) atoms. The molecule has 6 nitrogen and oxygen atoms in total. The van der Waals surface area contributed by atoms with E-state index in [-0.39, 0.29) is 13.2 Å². The van der Waals surface area contributed by atoms with Crippen molar-refractivity contribution in [2.45, 2.75) is 10.6 Å². The number of carbonyl (C=O) groups is 3. The van der Waals surface area contributed by atoms with E-state index in [4.69, 9.17) is 33.4 Å². The van der Waals surface area contributed by atoms with Crippen LogP contribution in [0.15, 0.2) is 18.2 Å². The number of nitrogens with one attached hydrogen (secondary N) is 1. The normalized spacial score (nSPS) is 15.8. The molecular formula is C14H16Cl2NNaO5. The summed E-state index contributed by atoms with van der Waals surface area (Å²) in [6.07, 6.45) is 0. The van der Waals surface area contributed by atoms with Crippen molar-refractivity contribution in [3.63, 3.8) is 0 Å². The molecule has 0 bridgehead atoms. The fraction of sp³-hybridized carbons (Fsp3) is 0.357. The number of halogens is 2. The van der Waals surface area contributed by atoms with Crippen LogP contribution in [0, 0.1) is 5.92 Å². The number of rotatable bonds is 2. The summed E-state index contributed by atoms with van der Waals surface area (Å²) in [4.78, 5) is 31.2. The Balaban J connectivity index is 0.000000360. The molecule has 1 fully saturated rings. The zero-order valence-corrected chi connectivity index (χ0v) is 16.3. The van der Waals surface area contributed by atoms with Gasteiger partial charge in [-0.2, -0.15) is 0 Å². The molecule has 1 amide bonds. The summed E-state index contributed by atoms with van der Waals surface area (Å²) < 4.78 is 1.14. The van der Waals surface area contributed by atoms with Gasteiger partial charge in [-0.3, -0.25) is 14.4 Å². The molecule has 122 valence electrons. The van der Waals surface area contributed by atoms with E-state index in [2.05, 4.69) is 5.32 Å². The van der Waals surface area contributed by atoms with Gasteiger partial charge in [0.15, 0.2) is 11.7 Å². The molecule has 0 aliphatic carbocycles. The van der Waals surface area contributed by atoms with E-state index >= 15 is 0 Å². The molecule has 0 spiro atoms. The second-order valence-corrected chi connectivity index (χ2v) is 5.90. The molecule has 1 saturated heterocycles. The summed E-state index contributed by atoms with van der Waals surface area (Å²) in [6.45, 7) is 1.77. The second kappa shape index (κ2) is 11.8. The number of aliphatic hydroxyl groups is 1. The predicted molar refractivity (Wildman–Crippen MR) is 87.8 cm³/mol. The van der Waals surface area contributed by atoms with Crippen molar-refractivity contribution in [1.82, 2.24) is 5.32 Å². The molecule has 1 atom stereocenters. The number of ketones is 1. The van der Waals surface area contributed by atoms with Gasteiger partial charge in [-0.25, -0.2) is 0 Å². The Kier molecular flexibility index (Phi) is 11.5. The topological polar surface area (TPSA) is 104 Å². The zero-order valence-electron chi connectivity index (χ0n) is 12.8. The van der Waals surface area contributed by atoms with Crippen molar-refractivity contribution in [2.75, 3.05) is 13.2 Å². The third-order valence-corrected chi connectivity index (χ3v) is 4.22. The SMILES string of the molecule is CCO.O=C(O)C1C(=O)CNC1=O.[Na][CH2]c1ccc(Cl)c(Cl)c1. The van der Waals surface area contributed by atoms with Crippen LogP contribution in [0.3, 0.4) is 0 Å². The van der Waals surface area contributed by atoms with E-state index in [1.54, 1.807) is 6.92 Å². The zero-order chi connectivity index (χ0) is 18.0. The summed E-state index contributed by atoms with van der Waals surface area (Å²) >= 11 is 12.7. The number of aliphatic hydroxyl groups excluding tert-OH is 1. The van der Waals surface area contributed by atoms with Gasteiger partial charge < -0.3 is 15.5 Å². The molecule has 9 heteroatoms. The number of carbonyl (C=O) groups excluding carboxylic acids is 2. The average Bonchev–Trinajstić information content (AvgIpc) is 2.82. The van der Waals surface area contributed by atoms with Crippen LogP contribution in [0.2, 0.25) is 10.0 Å². The van der Waals surface area contributed by atoms with E-state index in [1.165, 1.54) is 33.5 Å². The van der Waals surface area contributed by atoms with Gasteiger partial charge in [-0.05, 0) is 6.92 Å². The van der Waals surface area contributed by atoms with E-state index in [9.17, 15) is 14.4 Å². The third-order valence-electron chi connectivity index (χ3n) is 2.66. The molecule has 0 radical (unpaired) electrons. The van der Waals surface area contributed by atoms with Crippen LogP contribution in [0.25, 0.3) is 0 Å². The van der Waals surface area contributed by atoms with Crippen molar-refractivity contribution in [2.24, 2.45) is 5.92 Å². The van der Waals surface area contributed by atoms with Gasteiger partial charge in [0.2, 0.25) is 5.91 Å². The van der Waals surface area contributed by atoms with Crippen LogP contribution in [-0.4, -0.2) is 69.0 Å². The first kappa shape index (κ1) is 22.4. The van der Waals surface area contributed by atoms with Gasteiger partial charge in [0.05, 0.1) is 6.54 Å². The van der Waals surface area contributed by atoms with Gasteiger partial charge in [-0.15, -0.1) is 0 Å². The Morgan fingerprint density at radius 2 is 1.91 bits per heavy atom. The molecule has 0 saturated carbocycles. The Morgan fingerprint density at radius 3 is 2.22 bits per heavy atom. The van der Waals surface area contributed by atoms with E-state index < -0.39 is 23.6 Å². The van der Waals surface area contributed by atoms with Crippen LogP contribution in [0.1, 0.15) is 12.5 Å². The van der Waals surface area contributed by atoms with E-state index in [0.717, 1.165) is 3.67 Å². The summed E-state index contributed by atoms with van der Waals surface area (Å²) in [7, 11) is 0. The molecule has 1 heterocycles. The Morgan fingerprint density at radius 1 is 1.35 bits per heavy atom. The van der Waals surface area contributed by atoms with Gasteiger partial charge in [0, 0.05) is 6.61 Å². The van der Waals surface area contributed by atoms with E-state index in [0.29, 0.717) is 10.0 Å². The fourth-order valence-electron chi connectivity index (χ4n) is 1.53. The summed E-state index contributed by atoms with van der Waals surface area (Å²) in [5.74, 6) is -4.13. The Labute approximate surface area is 161 Å². The number of Topliss-reactive ketones (excluding diaryl/α,β-unsaturated/α-hetero) is 1. The maximum absolute atomic E-state index is 10.6. The van der Waals surface area contributed by atoms with Crippen molar-refractivity contribution in [3.8, 4) is 0 Å². The molecule has 1 unspecified atom stereocenters. The monoisotopic (exact) mass is 371 g/mol. The summed E-state index contributed by atoms with van der Waals surface area (Å²) in [6, 6.07) is 5.79. The number of carboxylic acid groups (broad SMARTS) is 1. The van der Waals surface area contributed by atoms with Crippen molar-refractivity contribution in [1.29, 1.82) is 0 Å². The number of benzene rings is 1. The molecule has 1 aliphatic rings.